The number of nitrogens with zero attached hydrogens (tertiary/aromatic N) is 2. The third-order valence-corrected chi connectivity index (χ3v) is 1.48. The van der Waals surface area contributed by atoms with Gasteiger partial charge in [-0.05, 0) is 0 Å². The molecule has 1 aromatic heterocycles. The zero-order chi connectivity index (χ0) is 10.4. The lowest BCUT2D eigenvalue weighted by molar-refractivity contribution is 0.224. The molecule has 0 saturated carbocycles. The second kappa shape index (κ2) is 5.53. The summed E-state index contributed by atoms with van der Waals surface area (Å²) in [6, 6.07) is 0.155. The molecule has 7 heteroatoms. The van der Waals surface area contributed by atoms with Crippen LogP contribution in [0.5, 0.6) is 6.01 Å². The summed E-state index contributed by atoms with van der Waals surface area (Å²) >= 11 is 0. The molecule has 0 radical (unpaired) electrons. The van der Waals surface area contributed by atoms with Crippen molar-refractivity contribution in [2.24, 2.45) is 0 Å². The predicted octanol–water partition coefficient (Wildman–Crippen LogP) is -2.08. The van der Waals surface area contributed by atoms with Crippen molar-refractivity contribution in [2.75, 3.05) is 13.2 Å². The van der Waals surface area contributed by atoms with Crippen LogP contribution >= 0.6 is 0 Å². The number of hydrogen-bond donors (Lipinski definition) is 3. The van der Waals surface area contributed by atoms with Crippen molar-refractivity contribution in [3.63, 3.8) is 0 Å². The van der Waals surface area contributed by atoms with Gasteiger partial charge in [0.15, 0.2) is 0 Å². The summed E-state index contributed by atoms with van der Waals surface area (Å²) in [5, 5.41) is 25.9. The van der Waals surface area contributed by atoms with Gasteiger partial charge in [0, 0.05) is 30.9 Å². The minimum Gasteiger partial charge on any atom is -0.463 e. The van der Waals surface area contributed by atoms with Gasteiger partial charge in [0.1, 0.15) is 0 Å². The summed E-state index contributed by atoms with van der Waals surface area (Å²) in [7, 11) is -1.57. The van der Waals surface area contributed by atoms with Crippen molar-refractivity contribution in [1.82, 2.24) is 9.97 Å². The first-order valence-corrected chi connectivity index (χ1v) is 4.16. The fourth-order valence-corrected chi connectivity index (χ4v) is 0.762. The largest absolute Gasteiger partial charge is 0.491 e. The number of aliphatic hydroxyl groups is 1. The first kappa shape index (κ1) is 10.9. The summed E-state index contributed by atoms with van der Waals surface area (Å²) in [5.41, 5.74) is 0.208. The predicted molar refractivity (Wildman–Crippen MR) is 49.1 cm³/mol. The Morgan fingerprint density at radius 1 is 1.29 bits per heavy atom. The molecule has 0 unspecified atom stereocenters. The third-order valence-electron chi connectivity index (χ3n) is 1.48. The van der Waals surface area contributed by atoms with Gasteiger partial charge in [-0.3, -0.25) is 0 Å². The highest BCUT2D eigenvalue weighted by Crippen LogP contribution is 1.97. The van der Waals surface area contributed by atoms with Crippen LogP contribution in [0.2, 0.25) is 0 Å². The van der Waals surface area contributed by atoms with Crippen LogP contribution < -0.4 is 10.2 Å². The summed E-state index contributed by atoms with van der Waals surface area (Å²) in [4.78, 5) is 7.47. The highest BCUT2D eigenvalue weighted by atomic mass is 16.5. The monoisotopic (exact) mass is 198 g/mol. The van der Waals surface area contributed by atoms with Crippen molar-refractivity contribution in [3.8, 4) is 6.01 Å². The number of rotatable bonds is 5. The molecule has 0 atom stereocenters. The van der Waals surface area contributed by atoms with E-state index in [1.165, 1.54) is 12.4 Å². The molecule has 1 heterocycles. The normalized spacial score (nSPS) is 9.93. The number of aliphatic hydroxyl groups excluding tert-OH is 1. The quantitative estimate of drug-likeness (QED) is 0.371. The van der Waals surface area contributed by atoms with E-state index in [9.17, 15) is 0 Å². The zero-order valence-corrected chi connectivity index (χ0v) is 7.50. The molecule has 3 N–H and O–H groups in total. The Kier molecular flexibility index (Phi) is 4.31. The standard InChI is InChI=1S/C7H11BN2O4/c11-2-1-3-14-7-9-4-6(5-10-7)8(12)13/h4-5,11-13H,1-3H2. The van der Waals surface area contributed by atoms with Crippen LogP contribution in [0, 0.1) is 0 Å². The van der Waals surface area contributed by atoms with Crippen molar-refractivity contribution >= 4 is 12.6 Å². The van der Waals surface area contributed by atoms with Crippen LogP contribution in [0.1, 0.15) is 6.42 Å². The maximum absolute atomic E-state index is 8.73. The van der Waals surface area contributed by atoms with E-state index in [0.29, 0.717) is 13.0 Å². The van der Waals surface area contributed by atoms with Gasteiger partial charge in [-0.25, -0.2) is 9.97 Å². The summed E-state index contributed by atoms with van der Waals surface area (Å²) in [5.74, 6) is 0. The van der Waals surface area contributed by atoms with E-state index in [2.05, 4.69) is 9.97 Å². The molecule has 1 rings (SSSR count). The van der Waals surface area contributed by atoms with Gasteiger partial charge in [0.2, 0.25) is 0 Å². The Labute approximate surface area is 81.4 Å². The van der Waals surface area contributed by atoms with Gasteiger partial charge in [-0.2, -0.15) is 0 Å². The minimum atomic E-state index is -1.57. The molecule has 0 aliphatic heterocycles. The van der Waals surface area contributed by atoms with E-state index in [0.717, 1.165) is 0 Å². The summed E-state index contributed by atoms with van der Waals surface area (Å²) in [6.45, 7) is 0.380. The summed E-state index contributed by atoms with van der Waals surface area (Å²) < 4.78 is 5.04. The lowest BCUT2D eigenvalue weighted by Gasteiger charge is -2.03. The SMILES string of the molecule is OCCCOc1ncc(B(O)O)cn1. The first-order valence-electron chi connectivity index (χ1n) is 4.16. The molecule has 0 amide bonds. The van der Waals surface area contributed by atoms with E-state index in [1.54, 1.807) is 0 Å². The maximum Gasteiger partial charge on any atom is 0.491 e. The molecular weight excluding hydrogens is 187 g/mol. The van der Waals surface area contributed by atoms with E-state index < -0.39 is 7.12 Å². The topological polar surface area (TPSA) is 95.7 Å². The molecule has 14 heavy (non-hydrogen) atoms. The second-order valence-corrected chi connectivity index (χ2v) is 2.60. The van der Waals surface area contributed by atoms with Crippen LogP contribution in [-0.4, -0.2) is 45.5 Å². The van der Waals surface area contributed by atoms with Crippen LogP contribution in [0.3, 0.4) is 0 Å². The molecule has 0 saturated heterocycles. The Morgan fingerprint density at radius 3 is 2.43 bits per heavy atom. The van der Waals surface area contributed by atoms with Crippen LogP contribution in [0.4, 0.5) is 0 Å². The lowest BCUT2D eigenvalue weighted by atomic mass is 9.83. The Balaban J connectivity index is 2.47. The highest BCUT2D eigenvalue weighted by Gasteiger charge is 2.11. The Morgan fingerprint density at radius 2 is 1.93 bits per heavy atom. The van der Waals surface area contributed by atoms with Crippen molar-refractivity contribution in [3.05, 3.63) is 12.4 Å². The second-order valence-electron chi connectivity index (χ2n) is 2.60. The maximum atomic E-state index is 8.73. The Hall–Kier alpha value is -1.18. The lowest BCUT2D eigenvalue weighted by Crippen LogP contribution is -2.30. The van der Waals surface area contributed by atoms with Crippen LogP contribution in [0.25, 0.3) is 0 Å². The molecule has 0 aliphatic rings. The summed E-state index contributed by atoms with van der Waals surface area (Å²) in [6.07, 6.45) is 3.05. The van der Waals surface area contributed by atoms with Crippen molar-refractivity contribution < 1.29 is 19.9 Å². The molecule has 0 aromatic carbocycles. The van der Waals surface area contributed by atoms with Gasteiger partial charge in [-0.15, -0.1) is 0 Å². The molecule has 6 nitrogen and oxygen atoms in total. The van der Waals surface area contributed by atoms with E-state index in [1.807, 2.05) is 0 Å². The van der Waals surface area contributed by atoms with E-state index in [-0.39, 0.29) is 18.1 Å². The first-order chi connectivity index (χ1) is 6.74. The average Bonchev–Trinajstić information content (AvgIpc) is 2.19. The smallest absolute Gasteiger partial charge is 0.463 e. The van der Waals surface area contributed by atoms with Crippen LogP contribution in [0.15, 0.2) is 12.4 Å². The fraction of sp³-hybridized carbons (Fsp3) is 0.429. The van der Waals surface area contributed by atoms with Gasteiger partial charge in [0.25, 0.3) is 0 Å². The Bertz CT molecular complexity index is 267. The van der Waals surface area contributed by atoms with Crippen molar-refractivity contribution in [1.29, 1.82) is 0 Å². The number of aromatic nitrogens is 2. The highest BCUT2D eigenvalue weighted by molar-refractivity contribution is 6.58. The molecule has 76 valence electrons. The average molecular weight is 198 g/mol. The molecule has 0 fully saturated rings. The number of ether oxygens (including phenoxy) is 1. The third kappa shape index (κ3) is 3.29. The van der Waals surface area contributed by atoms with Crippen LogP contribution in [-0.2, 0) is 0 Å². The molecule has 1 aromatic rings. The van der Waals surface area contributed by atoms with Gasteiger partial charge in [0.05, 0.1) is 6.61 Å². The molecule has 0 aliphatic carbocycles. The van der Waals surface area contributed by atoms with Gasteiger partial charge < -0.3 is 19.9 Å². The molecule has 0 spiro atoms. The zero-order valence-electron chi connectivity index (χ0n) is 7.50. The van der Waals surface area contributed by atoms with Gasteiger partial charge >= 0.3 is 13.1 Å². The molecular formula is C7H11BN2O4. The van der Waals surface area contributed by atoms with Crippen molar-refractivity contribution in [2.45, 2.75) is 6.42 Å². The minimum absolute atomic E-state index is 0.0490. The molecule has 0 bridgehead atoms. The van der Waals surface area contributed by atoms with Gasteiger partial charge in [-0.1, -0.05) is 0 Å². The fourth-order valence-electron chi connectivity index (χ4n) is 0.762. The number of hydrogen-bond acceptors (Lipinski definition) is 6. The van der Waals surface area contributed by atoms with E-state index >= 15 is 0 Å². The van der Waals surface area contributed by atoms with E-state index in [4.69, 9.17) is 19.9 Å².